The third kappa shape index (κ3) is 4.17. The van der Waals surface area contributed by atoms with Crippen molar-refractivity contribution in [2.24, 2.45) is 5.92 Å². The lowest BCUT2D eigenvalue weighted by Crippen LogP contribution is -2.70. The Morgan fingerprint density at radius 1 is 0.870 bits per heavy atom. The summed E-state index contributed by atoms with van der Waals surface area (Å²) in [7, 11) is 0. The zero-order valence-corrected chi connectivity index (χ0v) is 28.3. The lowest BCUT2D eigenvalue weighted by molar-refractivity contribution is -0.171. The average Bonchev–Trinajstić information content (AvgIpc) is 3.42. The van der Waals surface area contributed by atoms with Crippen LogP contribution in [0.3, 0.4) is 0 Å². The standard InChI is InChI=1S/C40H39ClO5/c1-21(22(2)42)40(44)36(43)34(41)35-31(19-29-27-13-11-25(37(3,4)5)17-23(27)9-15-32(29)45-35)39(40)20-30-28-14-12-26(38(6,7)8)18-24(28)10-16-33(30)46-39/h9-19,21,44H,20H2,1-8H3/t21-,39-,40-/m0/s1. The molecule has 1 spiro atoms. The Labute approximate surface area is 274 Å². The number of carbonyl (C=O) groups is 2. The molecule has 0 fully saturated rings. The second-order valence-corrected chi connectivity index (χ2v) is 15.6. The zero-order valence-electron chi connectivity index (χ0n) is 27.6. The number of hydrogen-bond acceptors (Lipinski definition) is 5. The minimum Gasteiger partial charge on any atom is -0.478 e. The summed E-state index contributed by atoms with van der Waals surface area (Å²) < 4.78 is 13.3. The lowest BCUT2D eigenvalue weighted by Gasteiger charge is -2.50. The normalized spacial score (nSPS) is 23.1. The monoisotopic (exact) mass is 634 g/mol. The van der Waals surface area contributed by atoms with Gasteiger partial charge in [0.25, 0.3) is 0 Å². The van der Waals surface area contributed by atoms with Gasteiger partial charge in [-0.3, -0.25) is 9.59 Å². The molecule has 2 aliphatic heterocycles. The van der Waals surface area contributed by atoms with Gasteiger partial charge in [-0.1, -0.05) is 109 Å². The highest BCUT2D eigenvalue weighted by Gasteiger charge is 2.70. The average molecular weight is 635 g/mol. The van der Waals surface area contributed by atoms with Gasteiger partial charge in [-0.25, -0.2) is 0 Å². The number of rotatable bonds is 2. The van der Waals surface area contributed by atoms with Crippen molar-refractivity contribution in [2.75, 3.05) is 0 Å². The van der Waals surface area contributed by atoms with E-state index in [4.69, 9.17) is 21.1 Å². The smallest absolute Gasteiger partial charge is 0.214 e. The highest BCUT2D eigenvalue weighted by Crippen LogP contribution is 2.58. The molecule has 0 saturated heterocycles. The highest BCUT2D eigenvalue weighted by molar-refractivity contribution is 6.45. The van der Waals surface area contributed by atoms with Gasteiger partial charge in [0.1, 0.15) is 22.3 Å². The molecule has 236 valence electrons. The predicted octanol–water partition coefficient (Wildman–Crippen LogP) is 8.73. The van der Waals surface area contributed by atoms with E-state index >= 15 is 0 Å². The summed E-state index contributed by atoms with van der Waals surface area (Å²) in [5.41, 5.74) is 0.458. The number of aliphatic hydroxyl groups is 1. The van der Waals surface area contributed by atoms with Crippen LogP contribution >= 0.6 is 11.6 Å². The van der Waals surface area contributed by atoms with Crippen LogP contribution in [0.25, 0.3) is 27.6 Å². The van der Waals surface area contributed by atoms with Gasteiger partial charge in [0, 0.05) is 23.1 Å². The van der Waals surface area contributed by atoms with Crippen LogP contribution in [0.1, 0.15) is 77.6 Å². The minimum absolute atomic E-state index is 0.0323. The van der Waals surface area contributed by atoms with Gasteiger partial charge >= 0.3 is 0 Å². The molecule has 7 rings (SSSR count). The first-order chi connectivity index (χ1) is 21.5. The minimum atomic E-state index is -2.30. The maximum Gasteiger partial charge on any atom is 0.214 e. The van der Waals surface area contributed by atoms with Crippen molar-refractivity contribution in [3.63, 3.8) is 0 Å². The van der Waals surface area contributed by atoms with Crippen LogP contribution in [0, 0.1) is 5.92 Å². The van der Waals surface area contributed by atoms with Crippen LogP contribution in [0.2, 0.25) is 0 Å². The first-order valence-electron chi connectivity index (χ1n) is 15.9. The Morgan fingerprint density at radius 2 is 1.43 bits per heavy atom. The van der Waals surface area contributed by atoms with Gasteiger partial charge < -0.3 is 14.6 Å². The third-order valence-electron chi connectivity index (χ3n) is 10.3. The van der Waals surface area contributed by atoms with Crippen molar-refractivity contribution in [3.05, 3.63) is 99.3 Å². The second-order valence-electron chi connectivity index (χ2n) is 15.2. The topological polar surface area (TPSA) is 72.8 Å². The fourth-order valence-electron chi connectivity index (χ4n) is 7.33. The van der Waals surface area contributed by atoms with E-state index < -0.39 is 22.9 Å². The van der Waals surface area contributed by atoms with Gasteiger partial charge in [-0.15, -0.1) is 0 Å². The highest BCUT2D eigenvalue weighted by atomic mass is 35.5. The molecule has 1 aliphatic carbocycles. The molecule has 0 unspecified atom stereocenters. The van der Waals surface area contributed by atoms with Gasteiger partial charge in [0.2, 0.25) is 5.78 Å². The van der Waals surface area contributed by atoms with Gasteiger partial charge in [0.05, 0.1) is 5.92 Å². The number of ketones is 2. The first kappa shape index (κ1) is 30.7. The van der Waals surface area contributed by atoms with Crippen molar-refractivity contribution in [1.29, 1.82) is 0 Å². The van der Waals surface area contributed by atoms with Crippen molar-refractivity contribution in [2.45, 2.75) is 83.8 Å². The number of halogens is 1. The molecular weight excluding hydrogens is 596 g/mol. The number of carbonyl (C=O) groups excluding carboxylic acids is 2. The van der Waals surface area contributed by atoms with E-state index in [1.165, 1.54) is 18.1 Å². The Balaban J connectivity index is 1.50. The van der Waals surface area contributed by atoms with E-state index in [0.29, 0.717) is 17.1 Å². The zero-order chi connectivity index (χ0) is 33.1. The number of ether oxygens (including phenoxy) is 2. The number of hydrogen-bond donors (Lipinski definition) is 1. The summed E-state index contributed by atoms with van der Waals surface area (Å²) in [6.07, 6.45) is 2.08. The van der Waals surface area contributed by atoms with Gasteiger partial charge in [0.15, 0.2) is 17.0 Å². The summed E-state index contributed by atoms with van der Waals surface area (Å²) in [6.45, 7) is 16.0. The van der Waals surface area contributed by atoms with Crippen molar-refractivity contribution < 1.29 is 24.2 Å². The fourth-order valence-corrected chi connectivity index (χ4v) is 7.61. The molecule has 0 amide bonds. The molecule has 0 radical (unpaired) electrons. The van der Waals surface area contributed by atoms with E-state index in [-0.39, 0.29) is 33.8 Å². The van der Waals surface area contributed by atoms with Crippen LogP contribution in [0.4, 0.5) is 0 Å². The maximum atomic E-state index is 14.3. The molecule has 6 heteroatoms. The molecule has 0 saturated carbocycles. The summed E-state index contributed by atoms with van der Waals surface area (Å²) in [5.74, 6) is -0.994. The summed E-state index contributed by atoms with van der Waals surface area (Å²) in [4.78, 5) is 27.3. The van der Waals surface area contributed by atoms with E-state index in [0.717, 1.165) is 32.7 Å². The van der Waals surface area contributed by atoms with Crippen LogP contribution in [-0.2, 0) is 26.8 Å². The molecule has 4 aromatic carbocycles. The molecular formula is C40H39ClO5. The molecule has 3 atom stereocenters. The van der Waals surface area contributed by atoms with Crippen molar-refractivity contribution >= 4 is 50.8 Å². The van der Waals surface area contributed by atoms with Crippen LogP contribution in [0.5, 0.6) is 11.5 Å². The van der Waals surface area contributed by atoms with Crippen LogP contribution < -0.4 is 9.47 Å². The Morgan fingerprint density at radius 3 is 2.02 bits per heavy atom. The van der Waals surface area contributed by atoms with Crippen molar-refractivity contribution in [1.82, 2.24) is 0 Å². The Hall–Kier alpha value is -3.93. The molecule has 3 aliphatic rings. The summed E-state index contributed by atoms with van der Waals surface area (Å²) in [5, 5.41) is 16.5. The molecule has 2 heterocycles. The van der Waals surface area contributed by atoms with Crippen LogP contribution in [0.15, 0.2) is 77.0 Å². The lowest BCUT2D eigenvalue weighted by atomic mass is 9.61. The SMILES string of the molecule is CC(=O)[C@H](C)[C@]1(O)C(=O)C(Cl)=C2Oc3ccc4cc(C(C)(C)C)ccc4c3C=C2[C@@]12Cc1c(ccc3cc(C(C)(C)C)ccc13)O2. The Bertz CT molecular complexity index is 2090. The van der Waals surface area contributed by atoms with Crippen LogP contribution in [-0.4, -0.2) is 27.9 Å². The molecule has 0 bridgehead atoms. The largest absolute Gasteiger partial charge is 0.478 e. The predicted molar refractivity (Wildman–Crippen MR) is 184 cm³/mol. The van der Waals surface area contributed by atoms with E-state index in [2.05, 4.69) is 77.9 Å². The fraction of sp³-hybridized carbons (Fsp3) is 0.350. The molecule has 46 heavy (non-hydrogen) atoms. The Kier molecular flexibility index (Phi) is 6.54. The molecule has 5 nitrogen and oxygen atoms in total. The summed E-state index contributed by atoms with van der Waals surface area (Å²) in [6, 6.07) is 20.5. The molecule has 1 N–H and O–H groups in total. The summed E-state index contributed by atoms with van der Waals surface area (Å²) >= 11 is 6.79. The molecule has 0 aromatic heterocycles. The van der Waals surface area contributed by atoms with E-state index in [9.17, 15) is 14.7 Å². The number of fused-ring (bicyclic) bond motifs is 8. The van der Waals surface area contributed by atoms with E-state index in [1.807, 2.05) is 30.3 Å². The first-order valence-corrected chi connectivity index (χ1v) is 16.3. The maximum absolute atomic E-state index is 14.3. The van der Waals surface area contributed by atoms with Crippen molar-refractivity contribution in [3.8, 4) is 11.5 Å². The van der Waals surface area contributed by atoms with E-state index in [1.54, 1.807) is 6.92 Å². The third-order valence-corrected chi connectivity index (χ3v) is 10.7. The number of Topliss-reactive ketones (excluding diaryl/α,β-unsaturated/α-hetero) is 2. The number of benzene rings is 4. The second kappa shape index (κ2) is 9.79. The van der Waals surface area contributed by atoms with Gasteiger partial charge in [-0.2, -0.15) is 0 Å². The molecule has 4 aromatic rings. The van der Waals surface area contributed by atoms with Gasteiger partial charge in [-0.05, 0) is 68.6 Å². The quantitative estimate of drug-likeness (QED) is 0.239.